The summed E-state index contributed by atoms with van der Waals surface area (Å²) in [4.78, 5) is 2.69. The molecule has 0 radical (unpaired) electrons. The summed E-state index contributed by atoms with van der Waals surface area (Å²) in [5.41, 5.74) is 0. The van der Waals surface area contributed by atoms with Crippen LogP contribution in [0, 0.1) is 0 Å². The van der Waals surface area contributed by atoms with Gasteiger partial charge in [0.25, 0.3) is 0 Å². The van der Waals surface area contributed by atoms with Crippen LogP contribution in [0.3, 0.4) is 0 Å². The Kier molecular flexibility index (Phi) is 6.16. The van der Waals surface area contributed by atoms with Gasteiger partial charge in [0, 0.05) is 18.6 Å². The molecule has 100 valence electrons. The Hall–Kier alpha value is 0.270. The molecule has 17 heavy (non-hydrogen) atoms. The molecule has 2 atom stereocenters. The molecular formula is C14H28N2S. The standard InChI is InChI=1S/C14H28N2S/c1-17-12-5-3-2-4-9-15-13-8-11-16-10-6-7-14(13)16/h13-15H,2-12H2,1H3. The van der Waals surface area contributed by atoms with E-state index in [9.17, 15) is 0 Å². The summed E-state index contributed by atoms with van der Waals surface area (Å²) in [5.74, 6) is 1.34. The molecule has 2 unspecified atom stereocenters. The van der Waals surface area contributed by atoms with Crippen LogP contribution in [0.5, 0.6) is 0 Å². The average Bonchev–Trinajstić information content (AvgIpc) is 2.92. The molecule has 2 nitrogen and oxygen atoms in total. The van der Waals surface area contributed by atoms with E-state index in [0.29, 0.717) is 0 Å². The zero-order valence-electron chi connectivity index (χ0n) is 11.3. The molecule has 3 heteroatoms. The Bertz CT molecular complexity index is 210. The summed E-state index contributed by atoms with van der Waals surface area (Å²) in [5, 5.41) is 3.80. The van der Waals surface area contributed by atoms with Crippen molar-refractivity contribution in [2.45, 2.75) is 57.0 Å². The summed E-state index contributed by atoms with van der Waals surface area (Å²) in [6, 6.07) is 1.69. The van der Waals surface area contributed by atoms with Gasteiger partial charge in [0.15, 0.2) is 0 Å². The molecule has 0 spiro atoms. The third-order valence-corrected chi connectivity index (χ3v) is 4.98. The maximum atomic E-state index is 3.80. The van der Waals surface area contributed by atoms with Crippen LogP contribution in [0.2, 0.25) is 0 Å². The SMILES string of the molecule is CSCCCCCCNC1CCN2CCCC12. The van der Waals surface area contributed by atoms with Crippen LogP contribution in [0.1, 0.15) is 44.9 Å². The lowest BCUT2D eigenvalue weighted by atomic mass is 10.1. The highest BCUT2D eigenvalue weighted by atomic mass is 32.2. The van der Waals surface area contributed by atoms with Crippen molar-refractivity contribution in [2.24, 2.45) is 0 Å². The number of nitrogens with one attached hydrogen (secondary N) is 1. The van der Waals surface area contributed by atoms with Crippen molar-refractivity contribution in [2.75, 3.05) is 31.6 Å². The molecule has 2 aliphatic heterocycles. The highest BCUT2D eigenvalue weighted by molar-refractivity contribution is 7.98. The van der Waals surface area contributed by atoms with Crippen molar-refractivity contribution in [1.29, 1.82) is 0 Å². The summed E-state index contributed by atoms with van der Waals surface area (Å²) in [6.45, 7) is 3.95. The number of unbranched alkanes of at least 4 members (excludes halogenated alkanes) is 3. The highest BCUT2D eigenvalue weighted by Crippen LogP contribution is 2.27. The molecule has 0 aromatic heterocycles. The van der Waals surface area contributed by atoms with Crippen molar-refractivity contribution in [3.63, 3.8) is 0 Å². The van der Waals surface area contributed by atoms with Gasteiger partial charge >= 0.3 is 0 Å². The van der Waals surface area contributed by atoms with Crippen LogP contribution in [0.15, 0.2) is 0 Å². The van der Waals surface area contributed by atoms with Crippen molar-refractivity contribution in [3.05, 3.63) is 0 Å². The Morgan fingerprint density at radius 1 is 1.12 bits per heavy atom. The molecule has 0 saturated carbocycles. The summed E-state index contributed by atoms with van der Waals surface area (Å²) < 4.78 is 0. The Morgan fingerprint density at radius 2 is 2.00 bits per heavy atom. The number of hydrogen-bond donors (Lipinski definition) is 1. The van der Waals surface area contributed by atoms with Gasteiger partial charge in [0.1, 0.15) is 0 Å². The fourth-order valence-electron chi connectivity index (χ4n) is 3.33. The van der Waals surface area contributed by atoms with Crippen molar-refractivity contribution < 1.29 is 0 Å². The van der Waals surface area contributed by atoms with Gasteiger partial charge in [-0.1, -0.05) is 12.8 Å². The molecule has 2 heterocycles. The van der Waals surface area contributed by atoms with Crippen molar-refractivity contribution in [3.8, 4) is 0 Å². The number of nitrogens with zero attached hydrogens (tertiary/aromatic N) is 1. The van der Waals surface area contributed by atoms with E-state index >= 15 is 0 Å². The molecule has 0 aromatic carbocycles. The zero-order valence-corrected chi connectivity index (χ0v) is 12.1. The molecule has 1 N–H and O–H groups in total. The molecule has 2 rings (SSSR count). The molecule has 0 aliphatic carbocycles. The highest BCUT2D eigenvalue weighted by Gasteiger charge is 2.36. The van der Waals surface area contributed by atoms with Crippen LogP contribution >= 0.6 is 11.8 Å². The van der Waals surface area contributed by atoms with Gasteiger partial charge in [0.05, 0.1) is 0 Å². The Labute approximate surface area is 111 Å². The molecule has 0 aromatic rings. The van der Waals surface area contributed by atoms with E-state index in [1.54, 1.807) is 0 Å². The first kappa shape index (κ1) is 13.7. The summed E-state index contributed by atoms with van der Waals surface area (Å²) >= 11 is 1.98. The van der Waals surface area contributed by atoms with E-state index < -0.39 is 0 Å². The van der Waals surface area contributed by atoms with E-state index in [1.807, 2.05) is 11.8 Å². The second-order valence-corrected chi connectivity index (χ2v) is 6.49. The maximum absolute atomic E-state index is 3.80. The lowest BCUT2D eigenvalue weighted by Gasteiger charge is -2.21. The molecule has 2 fully saturated rings. The predicted octanol–water partition coefficient (Wildman–Crippen LogP) is 2.74. The maximum Gasteiger partial charge on any atom is 0.0250 e. The van der Waals surface area contributed by atoms with Gasteiger partial charge < -0.3 is 5.32 Å². The quantitative estimate of drug-likeness (QED) is 0.672. The fraction of sp³-hybridized carbons (Fsp3) is 1.00. The van der Waals surface area contributed by atoms with E-state index in [-0.39, 0.29) is 0 Å². The van der Waals surface area contributed by atoms with Gasteiger partial charge in [-0.15, -0.1) is 0 Å². The molecule has 0 bridgehead atoms. The topological polar surface area (TPSA) is 15.3 Å². The number of fused-ring (bicyclic) bond motifs is 1. The Morgan fingerprint density at radius 3 is 2.88 bits per heavy atom. The minimum Gasteiger partial charge on any atom is -0.312 e. The van der Waals surface area contributed by atoms with Crippen LogP contribution in [-0.4, -0.2) is 48.6 Å². The second kappa shape index (κ2) is 7.65. The monoisotopic (exact) mass is 256 g/mol. The number of hydrogen-bond acceptors (Lipinski definition) is 3. The lowest BCUT2D eigenvalue weighted by molar-refractivity contribution is 0.298. The molecule has 2 saturated heterocycles. The summed E-state index contributed by atoms with van der Waals surface area (Å²) in [6.07, 6.45) is 12.1. The van der Waals surface area contributed by atoms with Gasteiger partial charge in [-0.05, 0) is 57.2 Å². The third kappa shape index (κ3) is 4.15. The van der Waals surface area contributed by atoms with Crippen LogP contribution in [0.4, 0.5) is 0 Å². The van der Waals surface area contributed by atoms with E-state index in [0.717, 1.165) is 12.1 Å². The van der Waals surface area contributed by atoms with Gasteiger partial charge in [0.2, 0.25) is 0 Å². The normalized spacial score (nSPS) is 28.8. The van der Waals surface area contributed by atoms with Gasteiger partial charge in [-0.2, -0.15) is 11.8 Å². The smallest absolute Gasteiger partial charge is 0.0250 e. The number of thioether (sulfide) groups is 1. The predicted molar refractivity (Wildman–Crippen MR) is 77.9 cm³/mol. The first-order valence-corrected chi connectivity index (χ1v) is 8.77. The van der Waals surface area contributed by atoms with Crippen molar-refractivity contribution >= 4 is 11.8 Å². The number of rotatable bonds is 8. The first-order chi connectivity index (χ1) is 8.42. The minimum absolute atomic E-state index is 0.809. The first-order valence-electron chi connectivity index (χ1n) is 7.38. The Balaban J connectivity index is 1.48. The van der Waals surface area contributed by atoms with Crippen LogP contribution in [-0.2, 0) is 0 Å². The van der Waals surface area contributed by atoms with Gasteiger partial charge in [-0.3, -0.25) is 4.90 Å². The van der Waals surface area contributed by atoms with Crippen molar-refractivity contribution in [1.82, 2.24) is 10.2 Å². The molecule has 0 amide bonds. The average molecular weight is 256 g/mol. The zero-order chi connectivity index (χ0) is 11.9. The summed E-state index contributed by atoms with van der Waals surface area (Å²) in [7, 11) is 0. The van der Waals surface area contributed by atoms with E-state index in [4.69, 9.17) is 0 Å². The minimum atomic E-state index is 0.809. The largest absolute Gasteiger partial charge is 0.312 e. The lowest BCUT2D eigenvalue weighted by Crippen LogP contribution is -2.39. The van der Waals surface area contributed by atoms with E-state index in [1.165, 1.54) is 70.3 Å². The molecular weight excluding hydrogens is 228 g/mol. The van der Waals surface area contributed by atoms with E-state index in [2.05, 4.69) is 16.5 Å². The molecule has 2 aliphatic rings. The van der Waals surface area contributed by atoms with Gasteiger partial charge in [-0.25, -0.2) is 0 Å². The fourth-order valence-corrected chi connectivity index (χ4v) is 3.83. The van der Waals surface area contributed by atoms with Crippen LogP contribution < -0.4 is 5.32 Å². The second-order valence-electron chi connectivity index (χ2n) is 5.50. The van der Waals surface area contributed by atoms with Crippen LogP contribution in [0.25, 0.3) is 0 Å². The third-order valence-electron chi connectivity index (χ3n) is 4.29.